The molecule has 1 saturated heterocycles. The summed E-state index contributed by atoms with van der Waals surface area (Å²) in [4.78, 5) is 27.4. The molecule has 3 rings (SSSR count). The molecule has 6 N–H and O–H groups in total. The molecule has 5 unspecified atom stereocenters. The number of aromatic hydroxyl groups is 1. The fraction of sp³-hybridized carbons (Fsp3) is 0.476. The van der Waals surface area contributed by atoms with Crippen LogP contribution in [0.3, 0.4) is 0 Å². The highest BCUT2D eigenvalue weighted by molar-refractivity contribution is 5.88. The van der Waals surface area contributed by atoms with Gasteiger partial charge in [-0.15, -0.1) is 0 Å². The Bertz CT molecular complexity index is 1110. The Morgan fingerprint density at radius 3 is 2.47 bits per heavy atom. The van der Waals surface area contributed by atoms with Crippen molar-refractivity contribution in [2.24, 2.45) is 4.99 Å². The van der Waals surface area contributed by atoms with E-state index in [0.717, 1.165) is 0 Å². The number of aliphatic hydroxyl groups excluding tert-OH is 4. The molecule has 1 aromatic carbocycles. The average Bonchev–Trinajstić information content (AvgIpc) is 2.71. The summed E-state index contributed by atoms with van der Waals surface area (Å²) in [6.45, 7) is 2.04. The third kappa shape index (κ3) is 4.52. The number of aliphatic imine (C=N–C) groups is 1. The van der Waals surface area contributed by atoms with Gasteiger partial charge in [0.05, 0.1) is 17.6 Å². The van der Waals surface area contributed by atoms with Crippen LogP contribution in [-0.4, -0.2) is 79.9 Å². The van der Waals surface area contributed by atoms with Crippen molar-refractivity contribution < 1.29 is 44.6 Å². The molecule has 0 radical (unpaired) electrons. The minimum Gasteiger partial charge on any atom is -0.507 e. The van der Waals surface area contributed by atoms with Gasteiger partial charge in [-0.05, 0) is 25.5 Å². The van der Waals surface area contributed by atoms with Gasteiger partial charge >= 0.3 is 5.97 Å². The Labute approximate surface area is 181 Å². The molecule has 11 nitrogen and oxygen atoms in total. The summed E-state index contributed by atoms with van der Waals surface area (Å²) in [6, 6.07) is 2.51. The number of aliphatic hydroxyl groups is 4. The fourth-order valence-corrected chi connectivity index (χ4v) is 3.79. The lowest BCUT2D eigenvalue weighted by atomic mass is 9.89. The minimum atomic E-state index is -1.70. The largest absolute Gasteiger partial charge is 0.507 e. The van der Waals surface area contributed by atoms with Gasteiger partial charge in [0, 0.05) is 18.2 Å². The number of aryl methyl sites for hydroxylation is 1. The highest BCUT2D eigenvalue weighted by atomic mass is 16.5. The van der Waals surface area contributed by atoms with Gasteiger partial charge in [-0.3, -0.25) is 14.6 Å². The number of phenolic OH excluding ortho intramolecular Hbond substituents is 1. The van der Waals surface area contributed by atoms with Crippen LogP contribution in [0.2, 0.25) is 0 Å². The molecule has 0 bridgehead atoms. The quantitative estimate of drug-likeness (QED) is 0.310. The number of hydrogen-bond acceptors (Lipinski definition) is 10. The van der Waals surface area contributed by atoms with Gasteiger partial charge in [0.2, 0.25) is 0 Å². The third-order valence-electron chi connectivity index (χ3n) is 5.36. The first-order chi connectivity index (χ1) is 15.0. The van der Waals surface area contributed by atoms with Gasteiger partial charge in [0.15, 0.2) is 5.43 Å². The molecule has 11 heteroatoms. The molecule has 174 valence electrons. The van der Waals surface area contributed by atoms with E-state index in [2.05, 4.69) is 4.99 Å². The van der Waals surface area contributed by atoms with E-state index >= 15 is 0 Å². The molecule has 0 spiro atoms. The van der Waals surface area contributed by atoms with Gasteiger partial charge in [0.25, 0.3) is 0 Å². The van der Waals surface area contributed by atoms with Gasteiger partial charge in [-0.1, -0.05) is 0 Å². The van der Waals surface area contributed by atoms with Gasteiger partial charge in [-0.2, -0.15) is 0 Å². The maximum atomic E-state index is 12.8. The molecule has 0 aliphatic carbocycles. The summed E-state index contributed by atoms with van der Waals surface area (Å²) in [7, 11) is 0. The predicted octanol–water partition coefficient (Wildman–Crippen LogP) is -0.590. The molecule has 0 amide bonds. The Morgan fingerprint density at radius 2 is 1.84 bits per heavy atom. The number of benzene rings is 1. The van der Waals surface area contributed by atoms with E-state index in [1.807, 2.05) is 0 Å². The van der Waals surface area contributed by atoms with Crippen molar-refractivity contribution in [1.29, 1.82) is 0 Å². The SMILES string of the molecule is C/C(Cc1cc(=O)c2c(C)cc(O)c(C3OC(CO)C(O)C(O)C3O)c2o1)=N/CC(=O)O. The summed E-state index contributed by atoms with van der Waals surface area (Å²) in [5.41, 5.74) is 0.112. The molecular formula is C21H25NO10. The standard InChI is InChI=1S/C21H25NO10/c1-8-3-11(24)16(21-19(30)18(29)17(28)13(7-23)32-21)20-15(8)12(25)5-10(31-20)4-9(2)22-6-14(26)27/h3,5,13,17-19,21,23-24,28-30H,4,6-7H2,1-2H3,(H,26,27)/b22-9-. The van der Waals surface area contributed by atoms with Crippen LogP contribution in [0.1, 0.15) is 29.9 Å². The van der Waals surface area contributed by atoms with Gasteiger partial charge in [0.1, 0.15) is 54.2 Å². The molecule has 1 aliphatic heterocycles. The van der Waals surface area contributed by atoms with E-state index in [1.165, 1.54) is 12.1 Å². The Morgan fingerprint density at radius 1 is 1.16 bits per heavy atom. The van der Waals surface area contributed by atoms with E-state index in [1.54, 1.807) is 13.8 Å². The normalized spacial score (nSPS) is 26.4. The number of carboxylic acid groups (broad SMARTS) is 1. The van der Waals surface area contributed by atoms with Crippen LogP contribution in [0.25, 0.3) is 11.0 Å². The first-order valence-electron chi connectivity index (χ1n) is 9.86. The summed E-state index contributed by atoms with van der Waals surface area (Å²) >= 11 is 0. The van der Waals surface area contributed by atoms with E-state index in [-0.39, 0.29) is 34.5 Å². The number of carbonyl (C=O) groups is 1. The monoisotopic (exact) mass is 451 g/mol. The van der Waals surface area contributed by atoms with Crippen LogP contribution in [-0.2, 0) is 16.0 Å². The number of aliphatic carboxylic acids is 1. The van der Waals surface area contributed by atoms with E-state index in [9.17, 15) is 35.1 Å². The second kappa shape index (κ2) is 9.35. The van der Waals surface area contributed by atoms with Crippen molar-refractivity contribution in [2.45, 2.75) is 50.8 Å². The Balaban J connectivity index is 2.16. The minimum absolute atomic E-state index is 0.0152. The van der Waals surface area contributed by atoms with Crippen molar-refractivity contribution in [3.63, 3.8) is 0 Å². The smallest absolute Gasteiger partial charge is 0.325 e. The summed E-state index contributed by atoms with van der Waals surface area (Å²) in [5.74, 6) is -1.37. The van der Waals surface area contributed by atoms with E-state index in [4.69, 9.17) is 14.3 Å². The van der Waals surface area contributed by atoms with Crippen LogP contribution in [0, 0.1) is 6.92 Å². The maximum Gasteiger partial charge on any atom is 0.325 e. The number of carboxylic acids is 1. The fourth-order valence-electron chi connectivity index (χ4n) is 3.79. The zero-order chi connectivity index (χ0) is 23.7. The number of phenols is 1. The highest BCUT2D eigenvalue weighted by Gasteiger charge is 2.45. The van der Waals surface area contributed by atoms with Crippen molar-refractivity contribution in [3.8, 4) is 5.75 Å². The number of hydrogen-bond donors (Lipinski definition) is 6. The van der Waals surface area contributed by atoms with Gasteiger partial charge < -0.3 is 39.8 Å². The van der Waals surface area contributed by atoms with Crippen LogP contribution < -0.4 is 5.43 Å². The van der Waals surface area contributed by atoms with Crippen molar-refractivity contribution >= 4 is 22.7 Å². The van der Waals surface area contributed by atoms with Crippen molar-refractivity contribution in [1.82, 2.24) is 0 Å². The molecule has 1 fully saturated rings. The highest BCUT2D eigenvalue weighted by Crippen LogP contribution is 2.41. The third-order valence-corrected chi connectivity index (χ3v) is 5.36. The molecule has 2 aromatic rings. The Kier molecular flexibility index (Phi) is 6.96. The second-order valence-electron chi connectivity index (χ2n) is 7.78. The zero-order valence-electron chi connectivity index (χ0n) is 17.4. The molecular weight excluding hydrogens is 426 g/mol. The van der Waals surface area contributed by atoms with Gasteiger partial charge in [-0.25, -0.2) is 0 Å². The molecule has 2 heterocycles. The number of ether oxygens (including phenoxy) is 1. The molecule has 0 saturated carbocycles. The first kappa shape index (κ1) is 23.8. The van der Waals surface area contributed by atoms with E-state index < -0.39 is 55.1 Å². The number of nitrogens with zero attached hydrogens (tertiary/aromatic N) is 1. The zero-order valence-corrected chi connectivity index (χ0v) is 17.4. The molecule has 5 atom stereocenters. The van der Waals surface area contributed by atoms with Crippen LogP contribution >= 0.6 is 0 Å². The molecule has 32 heavy (non-hydrogen) atoms. The molecule has 1 aliphatic rings. The van der Waals surface area contributed by atoms with Crippen molar-refractivity contribution in [3.05, 3.63) is 39.2 Å². The number of fused-ring (bicyclic) bond motifs is 1. The van der Waals surface area contributed by atoms with Crippen LogP contribution in [0.4, 0.5) is 0 Å². The van der Waals surface area contributed by atoms with E-state index in [0.29, 0.717) is 11.3 Å². The second-order valence-corrected chi connectivity index (χ2v) is 7.78. The average molecular weight is 451 g/mol. The lowest BCUT2D eigenvalue weighted by Crippen LogP contribution is -2.55. The summed E-state index contributed by atoms with van der Waals surface area (Å²) in [5, 5.41) is 59.7. The lowest BCUT2D eigenvalue weighted by Gasteiger charge is -2.40. The van der Waals surface area contributed by atoms with Crippen molar-refractivity contribution in [2.75, 3.05) is 13.2 Å². The summed E-state index contributed by atoms with van der Waals surface area (Å²) in [6.07, 6.45) is -7.62. The Hall–Kier alpha value is -2.83. The van der Waals surface area contributed by atoms with Crippen LogP contribution in [0.15, 0.2) is 26.3 Å². The van der Waals surface area contributed by atoms with Crippen LogP contribution in [0.5, 0.6) is 5.75 Å². The maximum absolute atomic E-state index is 12.8. The summed E-state index contributed by atoms with van der Waals surface area (Å²) < 4.78 is 11.4. The molecule has 1 aromatic heterocycles. The first-order valence-corrected chi connectivity index (χ1v) is 9.86. The lowest BCUT2D eigenvalue weighted by molar-refractivity contribution is -0.231. The predicted molar refractivity (Wildman–Crippen MR) is 111 cm³/mol. The topological polar surface area (TPSA) is 190 Å². The number of rotatable bonds is 6.